The van der Waals surface area contributed by atoms with Gasteiger partial charge in [0.25, 0.3) is 0 Å². The lowest BCUT2D eigenvalue weighted by molar-refractivity contribution is -0.136. The molecule has 28 heavy (non-hydrogen) atoms. The Hall–Kier alpha value is -2.82. The van der Waals surface area contributed by atoms with Crippen molar-refractivity contribution in [2.24, 2.45) is 0 Å². The quantitative estimate of drug-likeness (QED) is 0.217. The maximum atomic E-state index is 11.9. The van der Waals surface area contributed by atoms with Crippen molar-refractivity contribution in [3.63, 3.8) is 0 Å². The van der Waals surface area contributed by atoms with Crippen LogP contribution in [0.4, 0.5) is 0 Å². The highest BCUT2D eigenvalue weighted by Crippen LogP contribution is 2.20. The summed E-state index contributed by atoms with van der Waals surface area (Å²) in [6.07, 6.45) is 5.93. The number of carbonyl (C=O) groups excluding carboxylic acids is 2. The standard InChI is InChI=1S/C23H28O5/c1-3-4-5-6-7-15-26-21-9-8-10-22(16-21)27-17-23(25)28-20-13-11-19(12-14-20)18(2)24/h8-14,16H,3-7,15,17H2,1-2H3. The second-order valence-corrected chi connectivity index (χ2v) is 6.58. The van der Waals surface area contributed by atoms with Gasteiger partial charge in [-0.15, -0.1) is 0 Å². The number of unbranched alkanes of at least 4 members (excludes halogenated alkanes) is 4. The summed E-state index contributed by atoms with van der Waals surface area (Å²) < 4.78 is 16.4. The lowest BCUT2D eigenvalue weighted by Crippen LogP contribution is -2.17. The lowest BCUT2D eigenvalue weighted by Gasteiger charge is -2.10. The number of hydrogen-bond acceptors (Lipinski definition) is 5. The van der Waals surface area contributed by atoms with E-state index in [9.17, 15) is 9.59 Å². The molecule has 5 nitrogen and oxygen atoms in total. The molecular weight excluding hydrogens is 356 g/mol. The molecule has 0 saturated carbocycles. The van der Waals surface area contributed by atoms with Crippen molar-refractivity contribution >= 4 is 11.8 Å². The molecule has 5 heteroatoms. The monoisotopic (exact) mass is 384 g/mol. The average Bonchev–Trinajstić information content (AvgIpc) is 2.70. The highest BCUT2D eigenvalue weighted by molar-refractivity contribution is 5.94. The fourth-order valence-electron chi connectivity index (χ4n) is 2.61. The van der Waals surface area contributed by atoms with Gasteiger partial charge in [-0.1, -0.05) is 38.7 Å². The van der Waals surface area contributed by atoms with Gasteiger partial charge in [-0.05, 0) is 49.7 Å². The van der Waals surface area contributed by atoms with Gasteiger partial charge in [-0.25, -0.2) is 4.79 Å². The summed E-state index contributed by atoms with van der Waals surface area (Å²) in [5.41, 5.74) is 0.568. The minimum atomic E-state index is -0.516. The van der Waals surface area contributed by atoms with Crippen LogP contribution in [0.5, 0.6) is 17.2 Å². The Labute approximate surface area is 166 Å². The fourth-order valence-corrected chi connectivity index (χ4v) is 2.61. The molecule has 0 aromatic heterocycles. The topological polar surface area (TPSA) is 61.8 Å². The SMILES string of the molecule is CCCCCCCOc1cccc(OCC(=O)Oc2ccc(C(C)=O)cc2)c1. The molecule has 0 fully saturated rings. The third kappa shape index (κ3) is 7.82. The third-order valence-corrected chi connectivity index (χ3v) is 4.17. The molecule has 2 aromatic carbocycles. The zero-order valence-electron chi connectivity index (χ0n) is 16.6. The summed E-state index contributed by atoms with van der Waals surface area (Å²) in [6.45, 7) is 4.14. The minimum absolute atomic E-state index is 0.0377. The predicted octanol–water partition coefficient (Wildman–Crippen LogP) is 5.22. The van der Waals surface area contributed by atoms with E-state index in [1.807, 2.05) is 12.1 Å². The molecule has 150 valence electrons. The minimum Gasteiger partial charge on any atom is -0.493 e. The van der Waals surface area contributed by atoms with E-state index in [4.69, 9.17) is 14.2 Å². The zero-order chi connectivity index (χ0) is 20.2. The van der Waals surface area contributed by atoms with Crippen LogP contribution in [0.25, 0.3) is 0 Å². The molecular formula is C23H28O5. The van der Waals surface area contributed by atoms with Crippen LogP contribution >= 0.6 is 0 Å². The summed E-state index contributed by atoms with van der Waals surface area (Å²) in [6, 6.07) is 13.6. The van der Waals surface area contributed by atoms with Crippen molar-refractivity contribution in [2.75, 3.05) is 13.2 Å². The van der Waals surface area contributed by atoms with Gasteiger partial charge in [0.2, 0.25) is 0 Å². The van der Waals surface area contributed by atoms with Crippen molar-refractivity contribution in [3.8, 4) is 17.2 Å². The maximum Gasteiger partial charge on any atom is 0.349 e. The van der Waals surface area contributed by atoms with Gasteiger partial charge in [0.1, 0.15) is 17.2 Å². The van der Waals surface area contributed by atoms with Crippen LogP contribution in [-0.2, 0) is 4.79 Å². The van der Waals surface area contributed by atoms with Crippen LogP contribution in [0.3, 0.4) is 0 Å². The van der Waals surface area contributed by atoms with Crippen molar-refractivity contribution < 1.29 is 23.8 Å². The Bertz CT molecular complexity index is 752. The molecule has 2 aromatic rings. The van der Waals surface area contributed by atoms with Crippen LogP contribution in [0, 0.1) is 0 Å². The molecule has 0 spiro atoms. The molecule has 0 radical (unpaired) electrons. The number of benzene rings is 2. The second kappa shape index (κ2) is 11.8. The molecule has 0 aliphatic carbocycles. The van der Waals surface area contributed by atoms with Gasteiger partial charge in [0, 0.05) is 11.6 Å². The van der Waals surface area contributed by atoms with Gasteiger partial charge in [-0.2, -0.15) is 0 Å². The van der Waals surface area contributed by atoms with Crippen LogP contribution in [0.15, 0.2) is 48.5 Å². The first kappa shape index (κ1) is 21.5. The highest BCUT2D eigenvalue weighted by Gasteiger charge is 2.08. The molecule has 0 bridgehead atoms. The van der Waals surface area contributed by atoms with Crippen LogP contribution in [0.1, 0.15) is 56.3 Å². The number of carbonyl (C=O) groups is 2. The normalized spacial score (nSPS) is 10.4. The predicted molar refractivity (Wildman–Crippen MR) is 108 cm³/mol. The van der Waals surface area contributed by atoms with Gasteiger partial charge >= 0.3 is 5.97 Å². The van der Waals surface area contributed by atoms with Crippen molar-refractivity contribution in [1.29, 1.82) is 0 Å². The number of Topliss-reactive ketones (excluding diaryl/α,β-unsaturated/α-hetero) is 1. The molecule has 0 N–H and O–H groups in total. The largest absolute Gasteiger partial charge is 0.493 e. The van der Waals surface area contributed by atoms with Gasteiger partial charge in [0.15, 0.2) is 12.4 Å². The number of esters is 1. The van der Waals surface area contributed by atoms with Crippen LogP contribution in [-0.4, -0.2) is 25.0 Å². The Balaban J connectivity index is 1.74. The molecule has 0 unspecified atom stereocenters. The molecule has 0 aliphatic rings. The first-order valence-corrected chi connectivity index (χ1v) is 9.76. The lowest BCUT2D eigenvalue weighted by atomic mass is 10.1. The molecule has 2 rings (SSSR count). The number of hydrogen-bond donors (Lipinski definition) is 0. The van der Waals surface area contributed by atoms with Gasteiger partial charge in [0.05, 0.1) is 6.61 Å². The van der Waals surface area contributed by atoms with Crippen molar-refractivity contribution in [3.05, 3.63) is 54.1 Å². The molecule has 0 heterocycles. The summed E-state index contributed by atoms with van der Waals surface area (Å²) in [7, 11) is 0. The van der Waals surface area contributed by atoms with E-state index in [1.165, 1.54) is 32.6 Å². The first-order valence-electron chi connectivity index (χ1n) is 9.76. The Morgan fingerprint density at radius 3 is 2.18 bits per heavy atom. The molecule has 0 saturated heterocycles. The summed E-state index contributed by atoms with van der Waals surface area (Å²) >= 11 is 0. The molecule has 0 aliphatic heterocycles. The maximum absolute atomic E-state index is 11.9. The number of ketones is 1. The van der Waals surface area contributed by atoms with Gasteiger partial charge < -0.3 is 14.2 Å². The van der Waals surface area contributed by atoms with Crippen LogP contribution < -0.4 is 14.2 Å². The molecule has 0 amide bonds. The Morgan fingerprint density at radius 1 is 0.821 bits per heavy atom. The first-order chi connectivity index (χ1) is 13.6. The average molecular weight is 384 g/mol. The van der Waals surface area contributed by atoms with E-state index < -0.39 is 5.97 Å². The van der Waals surface area contributed by atoms with E-state index >= 15 is 0 Å². The van der Waals surface area contributed by atoms with Gasteiger partial charge in [-0.3, -0.25) is 4.79 Å². The molecule has 0 atom stereocenters. The third-order valence-electron chi connectivity index (χ3n) is 4.17. The smallest absolute Gasteiger partial charge is 0.349 e. The zero-order valence-corrected chi connectivity index (χ0v) is 16.6. The second-order valence-electron chi connectivity index (χ2n) is 6.58. The Kier molecular flexibility index (Phi) is 9.05. The van der Waals surface area contributed by atoms with E-state index in [-0.39, 0.29) is 12.4 Å². The summed E-state index contributed by atoms with van der Waals surface area (Å²) in [5, 5.41) is 0. The van der Waals surface area contributed by atoms with E-state index in [0.717, 1.165) is 12.2 Å². The number of ether oxygens (including phenoxy) is 3. The fraction of sp³-hybridized carbons (Fsp3) is 0.391. The van der Waals surface area contributed by atoms with E-state index in [1.54, 1.807) is 36.4 Å². The van der Waals surface area contributed by atoms with E-state index in [0.29, 0.717) is 23.7 Å². The number of rotatable bonds is 12. The van der Waals surface area contributed by atoms with E-state index in [2.05, 4.69) is 6.92 Å². The highest BCUT2D eigenvalue weighted by atomic mass is 16.6. The van der Waals surface area contributed by atoms with Crippen molar-refractivity contribution in [1.82, 2.24) is 0 Å². The van der Waals surface area contributed by atoms with Crippen molar-refractivity contribution in [2.45, 2.75) is 46.0 Å². The van der Waals surface area contributed by atoms with Crippen LogP contribution in [0.2, 0.25) is 0 Å². The Morgan fingerprint density at radius 2 is 1.50 bits per heavy atom. The summed E-state index contributed by atoms with van der Waals surface area (Å²) in [5.74, 6) is 1.09. The summed E-state index contributed by atoms with van der Waals surface area (Å²) in [4.78, 5) is 23.2.